The summed E-state index contributed by atoms with van der Waals surface area (Å²) in [5, 5.41) is 0. The zero-order chi connectivity index (χ0) is 18.7. The molecule has 1 aliphatic rings. The maximum atomic E-state index is 12.6. The fraction of sp³-hybridized carbons (Fsp3) is 0.316. The maximum absolute atomic E-state index is 12.6. The first-order valence-corrected chi connectivity index (χ1v) is 9.79. The Balaban J connectivity index is 1.75. The molecule has 0 aromatic heterocycles. The third-order valence-electron chi connectivity index (χ3n) is 4.10. The average Bonchev–Trinajstić information content (AvgIpc) is 2.61. The van der Waals surface area contributed by atoms with Gasteiger partial charge in [0.25, 0.3) is 0 Å². The Kier molecular flexibility index (Phi) is 5.41. The molecule has 0 radical (unpaired) electrons. The molecule has 0 spiro atoms. The summed E-state index contributed by atoms with van der Waals surface area (Å²) in [5.74, 6) is -0.0529. The molecular formula is C19H21NO5S. The Morgan fingerprint density at radius 2 is 1.58 bits per heavy atom. The van der Waals surface area contributed by atoms with Gasteiger partial charge in [0.05, 0.1) is 23.7 Å². The Morgan fingerprint density at radius 3 is 2.15 bits per heavy atom. The lowest BCUT2D eigenvalue weighted by atomic mass is 10.1. The summed E-state index contributed by atoms with van der Waals surface area (Å²) in [6.45, 7) is 5.29. The number of ether oxygens (including phenoxy) is 2. The SMILES string of the molecule is Cc1cc(C)cc(OC(=O)c2ccc(S(=O)(=O)N3CCOCC3)cc2)c1. The predicted octanol–water partition coefficient (Wildman–Crippen LogP) is 2.54. The van der Waals surface area contributed by atoms with Crippen LogP contribution in [-0.4, -0.2) is 45.0 Å². The number of rotatable bonds is 4. The third-order valence-corrected chi connectivity index (χ3v) is 6.02. The minimum absolute atomic E-state index is 0.155. The molecule has 3 rings (SSSR count). The molecule has 138 valence electrons. The first kappa shape index (κ1) is 18.6. The highest BCUT2D eigenvalue weighted by Crippen LogP contribution is 2.20. The van der Waals surface area contributed by atoms with Crippen LogP contribution in [0.4, 0.5) is 0 Å². The van der Waals surface area contributed by atoms with Crippen LogP contribution < -0.4 is 4.74 Å². The number of carbonyl (C=O) groups excluding carboxylic acids is 1. The molecule has 2 aromatic rings. The highest BCUT2D eigenvalue weighted by Gasteiger charge is 2.26. The first-order chi connectivity index (χ1) is 12.4. The van der Waals surface area contributed by atoms with Gasteiger partial charge in [-0.05, 0) is 61.4 Å². The normalized spacial score (nSPS) is 15.6. The lowest BCUT2D eigenvalue weighted by molar-refractivity contribution is 0.0730. The van der Waals surface area contributed by atoms with Crippen molar-refractivity contribution in [1.29, 1.82) is 0 Å². The number of morpholine rings is 1. The van der Waals surface area contributed by atoms with E-state index in [1.54, 1.807) is 12.1 Å². The van der Waals surface area contributed by atoms with Gasteiger partial charge in [-0.1, -0.05) is 6.07 Å². The van der Waals surface area contributed by atoms with Crippen LogP contribution in [0.1, 0.15) is 21.5 Å². The van der Waals surface area contributed by atoms with Gasteiger partial charge in [0, 0.05) is 13.1 Å². The second-order valence-corrected chi connectivity index (χ2v) is 8.19. The average molecular weight is 375 g/mol. The van der Waals surface area contributed by atoms with Gasteiger partial charge in [0.1, 0.15) is 5.75 Å². The Morgan fingerprint density at radius 1 is 1.00 bits per heavy atom. The van der Waals surface area contributed by atoms with Gasteiger partial charge in [0.2, 0.25) is 10.0 Å². The molecule has 0 amide bonds. The minimum atomic E-state index is -3.57. The minimum Gasteiger partial charge on any atom is -0.423 e. The number of aryl methyl sites for hydroxylation is 2. The highest BCUT2D eigenvalue weighted by molar-refractivity contribution is 7.89. The van der Waals surface area contributed by atoms with Crippen LogP contribution in [0.15, 0.2) is 47.4 Å². The molecule has 0 bridgehead atoms. The van der Waals surface area contributed by atoms with E-state index >= 15 is 0 Å². The van der Waals surface area contributed by atoms with E-state index in [0.29, 0.717) is 37.6 Å². The summed E-state index contributed by atoms with van der Waals surface area (Å²) in [5.41, 5.74) is 2.30. The molecular weight excluding hydrogens is 354 g/mol. The molecule has 1 heterocycles. The van der Waals surface area contributed by atoms with Gasteiger partial charge < -0.3 is 9.47 Å². The van der Waals surface area contributed by atoms with Crippen molar-refractivity contribution in [2.24, 2.45) is 0 Å². The molecule has 0 unspecified atom stereocenters. The molecule has 0 N–H and O–H groups in total. The molecule has 7 heteroatoms. The molecule has 26 heavy (non-hydrogen) atoms. The zero-order valence-electron chi connectivity index (χ0n) is 14.8. The van der Waals surface area contributed by atoms with Gasteiger partial charge in [-0.3, -0.25) is 0 Å². The maximum Gasteiger partial charge on any atom is 0.343 e. The summed E-state index contributed by atoms with van der Waals surface area (Å²) >= 11 is 0. The largest absolute Gasteiger partial charge is 0.423 e. The van der Waals surface area contributed by atoms with Gasteiger partial charge in [-0.25, -0.2) is 13.2 Å². The van der Waals surface area contributed by atoms with Crippen molar-refractivity contribution in [3.8, 4) is 5.75 Å². The molecule has 0 atom stereocenters. The number of carbonyl (C=O) groups is 1. The van der Waals surface area contributed by atoms with Gasteiger partial charge in [-0.15, -0.1) is 0 Å². The number of nitrogens with zero attached hydrogens (tertiary/aromatic N) is 1. The molecule has 6 nitrogen and oxygen atoms in total. The number of esters is 1. The van der Waals surface area contributed by atoms with Crippen LogP contribution in [0.3, 0.4) is 0 Å². The topological polar surface area (TPSA) is 72.9 Å². The van der Waals surface area contributed by atoms with Crippen LogP contribution >= 0.6 is 0 Å². The monoisotopic (exact) mass is 375 g/mol. The highest BCUT2D eigenvalue weighted by atomic mass is 32.2. The fourth-order valence-electron chi connectivity index (χ4n) is 2.86. The van der Waals surface area contributed by atoms with Gasteiger partial charge in [-0.2, -0.15) is 4.31 Å². The van der Waals surface area contributed by atoms with E-state index in [0.717, 1.165) is 11.1 Å². The fourth-order valence-corrected chi connectivity index (χ4v) is 4.26. The lowest BCUT2D eigenvalue weighted by Crippen LogP contribution is -2.40. The van der Waals surface area contributed by atoms with Crippen molar-refractivity contribution in [3.05, 3.63) is 59.2 Å². The second-order valence-electron chi connectivity index (χ2n) is 6.25. The smallest absolute Gasteiger partial charge is 0.343 e. The van der Waals surface area contributed by atoms with Crippen LogP contribution in [0.5, 0.6) is 5.75 Å². The summed E-state index contributed by atoms with van der Waals surface area (Å²) in [6.07, 6.45) is 0. The summed E-state index contributed by atoms with van der Waals surface area (Å²) in [6, 6.07) is 11.4. The number of sulfonamides is 1. The Bertz CT molecular complexity index is 880. The van der Waals surface area contributed by atoms with Crippen LogP contribution in [0.2, 0.25) is 0 Å². The first-order valence-electron chi connectivity index (χ1n) is 8.35. The zero-order valence-corrected chi connectivity index (χ0v) is 15.6. The van der Waals surface area contributed by atoms with E-state index in [1.165, 1.54) is 28.6 Å². The summed E-state index contributed by atoms with van der Waals surface area (Å²) in [4.78, 5) is 12.5. The van der Waals surface area contributed by atoms with Crippen molar-refractivity contribution in [1.82, 2.24) is 4.31 Å². The quantitative estimate of drug-likeness (QED) is 0.607. The van der Waals surface area contributed by atoms with Gasteiger partial charge >= 0.3 is 5.97 Å². The summed E-state index contributed by atoms with van der Waals surface area (Å²) in [7, 11) is -3.57. The van der Waals surface area contributed by atoms with Crippen molar-refractivity contribution in [2.45, 2.75) is 18.7 Å². The van der Waals surface area contributed by atoms with Crippen molar-refractivity contribution >= 4 is 16.0 Å². The van der Waals surface area contributed by atoms with E-state index in [9.17, 15) is 13.2 Å². The third kappa shape index (κ3) is 4.12. The molecule has 1 saturated heterocycles. The standard InChI is InChI=1S/C19H21NO5S/c1-14-11-15(2)13-17(12-14)25-19(21)16-3-5-18(6-4-16)26(22,23)20-7-9-24-10-8-20/h3-6,11-13H,7-10H2,1-2H3. The number of hydrogen-bond donors (Lipinski definition) is 0. The van der Waals surface area contributed by atoms with E-state index in [1.807, 2.05) is 19.9 Å². The lowest BCUT2D eigenvalue weighted by Gasteiger charge is -2.26. The Hall–Kier alpha value is -2.22. The second kappa shape index (κ2) is 7.57. The van der Waals surface area contributed by atoms with Crippen LogP contribution in [-0.2, 0) is 14.8 Å². The van der Waals surface area contributed by atoms with Crippen LogP contribution in [0, 0.1) is 13.8 Å². The van der Waals surface area contributed by atoms with Gasteiger partial charge in [0.15, 0.2) is 0 Å². The molecule has 0 aliphatic carbocycles. The van der Waals surface area contributed by atoms with Crippen molar-refractivity contribution in [2.75, 3.05) is 26.3 Å². The predicted molar refractivity (Wildman–Crippen MR) is 96.9 cm³/mol. The molecule has 0 saturated carbocycles. The van der Waals surface area contributed by atoms with E-state index in [-0.39, 0.29) is 4.90 Å². The van der Waals surface area contributed by atoms with Crippen LogP contribution in [0.25, 0.3) is 0 Å². The van der Waals surface area contributed by atoms with E-state index < -0.39 is 16.0 Å². The molecule has 1 aliphatic heterocycles. The van der Waals surface area contributed by atoms with Crippen molar-refractivity contribution in [3.63, 3.8) is 0 Å². The van der Waals surface area contributed by atoms with E-state index in [2.05, 4.69) is 0 Å². The van der Waals surface area contributed by atoms with E-state index in [4.69, 9.17) is 9.47 Å². The Labute approximate surface area is 153 Å². The number of hydrogen-bond acceptors (Lipinski definition) is 5. The molecule has 1 fully saturated rings. The van der Waals surface area contributed by atoms with Crippen molar-refractivity contribution < 1.29 is 22.7 Å². The summed E-state index contributed by atoms with van der Waals surface area (Å²) < 4.78 is 37.1. The number of benzene rings is 2. The molecule has 2 aromatic carbocycles.